The van der Waals surface area contributed by atoms with Crippen LogP contribution in [0.15, 0.2) is 23.0 Å². The standard InChI is InChI=1S/C11H5F7N2O2/c12-4-1-2-5-6(3-4)19-7(21)8(20-5)22-10(15,9(13)14)11(16,17)18/h1-3,9H,(H,19,21). The number of halogens is 7. The van der Waals surface area contributed by atoms with Crippen molar-refractivity contribution in [3.63, 3.8) is 0 Å². The minimum absolute atomic E-state index is 0.231. The summed E-state index contributed by atoms with van der Waals surface area (Å²) in [5.41, 5.74) is -2.04. The molecule has 0 aliphatic carbocycles. The highest BCUT2D eigenvalue weighted by Crippen LogP contribution is 2.39. The van der Waals surface area contributed by atoms with Crippen molar-refractivity contribution in [1.82, 2.24) is 9.97 Å². The molecule has 1 unspecified atom stereocenters. The molecule has 0 saturated carbocycles. The van der Waals surface area contributed by atoms with Crippen molar-refractivity contribution < 1.29 is 35.5 Å². The Hall–Kier alpha value is -2.33. The molecule has 11 heteroatoms. The van der Waals surface area contributed by atoms with E-state index in [1.807, 2.05) is 4.98 Å². The van der Waals surface area contributed by atoms with Crippen LogP contribution < -0.4 is 10.3 Å². The summed E-state index contributed by atoms with van der Waals surface area (Å²) in [6, 6.07) is 2.56. The van der Waals surface area contributed by atoms with Crippen LogP contribution in [0.5, 0.6) is 5.88 Å². The van der Waals surface area contributed by atoms with Crippen molar-refractivity contribution in [2.45, 2.75) is 18.5 Å². The van der Waals surface area contributed by atoms with Gasteiger partial charge in [-0.1, -0.05) is 0 Å². The predicted octanol–water partition coefficient (Wildman–Crippen LogP) is 2.93. The van der Waals surface area contributed by atoms with Crippen LogP contribution >= 0.6 is 0 Å². The Morgan fingerprint density at radius 3 is 2.36 bits per heavy atom. The molecule has 1 aromatic heterocycles. The van der Waals surface area contributed by atoms with Crippen molar-refractivity contribution in [2.24, 2.45) is 0 Å². The second-order valence-electron chi connectivity index (χ2n) is 4.08. The summed E-state index contributed by atoms with van der Waals surface area (Å²) in [4.78, 5) is 16.5. The van der Waals surface area contributed by atoms with E-state index in [-0.39, 0.29) is 11.0 Å². The molecule has 1 heterocycles. The molecular weight excluding hydrogens is 325 g/mol. The second-order valence-corrected chi connectivity index (χ2v) is 4.08. The third kappa shape index (κ3) is 2.70. The van der Waals surface area contributed by atoms with Gasteiger partial charge in [-0.15, -0.1) is 0 Å². The summed E-state index contributed by atoms with van der Waals surface area (Å²) in [5.74, 6) is -7.75. The van der Waals surface area contributed by atoms with Gasteiger partial charge in [0.2, 0.25) is 0 Å². The zero-order valence-electron chi connectivity index (χ0n) is 10.2. The quantitative estimate of drug-likeness (QED) is 0.881. The molecule has 0 radical (unpaired) electrons. The Morgan fingerprint density at radius 2 is 1.82 bits per heavy atom. The van der Waals surface area contributed by atoms with Crippen molar-refractivity contribution in [2.75, 3.05) is 0 Å². The van der Waals surface area contributed by atoms with Crippen LogP contribution in [0, 0.1) is 5.82 Å². The first-order valence-electron chi connectivity index (χ1n) is 5.47. The van der Waals surface area contributed by atoms with Gasteiger partial charge >= 0.3 is 24.0 Å². The van der Waals surface area contributed by atoms with Gasteiger partial charge in [-0.25, -0.2) is 18.2 Å². The highest BCUT2D eigenvalue weighted by molar-refractivity contribution is 5.74. The minimum atomic E-state index is -6.10. The highest BCUT2D eigenvalue weighted by atomic mass is 19.4. The first kappa shape index (κ1) is 16.0. The van der Waals surface area contributed by atoms with E-state index >= 15 is 0 Å². The van der Waals surface area contributed by atoms with Crippen LogP contribution in [0.25, 0.3) is 11.0 Å². The monoisotopic (exact) mass is 330 g/mol. The number of nitrogens with zero attached hydrogens (tertiary/aromatic N) is 1. The Labute approximate surface area is 116 Å². The zero-order chi connectivity index (χ0) is 16.7. The second kappa shape index (κ2) is 5.14. The molecule has 0 aliphatic heterocycles. The molecule has 0 aliphatic rings. The number of alkyl halides is 6. The van der Waals surface area contributed by atoms with Gasteiger partial charge in [-0.3, -0.25) is 4.79 Å². The zero-order valence-corrected chi connectivity index (χ0v) is 10.2. The van der Waals surface area contributed by atoms with E-state index in [4.69, 9.17) is 0 Å². The van der Waals surface area contributed by atoms with Crippen molar-refractivity contribution >= 4 is 11.0 Å². The van der Waals surface area contributed by atoms with Gasteiger partial charge in [0.25, 0.3) is 5.88 Å². The van der Waals surface area contributed by atoms with Gasteiger partial charge in [-0.05, 0) is 18.2 Å². The van der Waals surface area contributed by atoms with Crippen LogP contribution in [-0.2, 0) is 0 Å². The smallest absolute Gasteiger partial charge is 0.424 e. The molecule has 2 aromatic rings. The van der Waals surface area contributed by atoms with Crippen LogP contribution in [-0.4, -0.2) is 28.4 Å². The molecule has 2 rings (SSSR count). The van der Waals surface area contributed by atoms with Crippen LogP contribution in [0.3, 0.4) is 0 Å². The summed E-state index contributed by atoms with van der Waals surface area (Å²) in [7, 11) is 0. The topological polar surface area (TPSA) is 55.0 Å². The van der Waals surface area contributed by atoms with E-state index in [0.717, 1.165) is 18.2 Å². The molecule has 0 bridgehead atoms. The first-order valence-corrected chi connectivity index (χ1v) is 5.47. The van der Waals surface area contributed by atoms with Gasteiger partial charge in [-0.2, -0.15) is 17.6 Å². The maximum atomic E-state index is 13.4. The lowest BCUT2D eigenvalue weighted by molar-refractivity contribution is -0.341. The van der Waals surface area contributed by atoms with Crippen LogP contribution in [0.1, 0.15) is 0 Å². The highest BCUT2D eigenvalue weighted by Gasteiger charge is 2.66. The van der Waals surface area contributed by atoms with Gasteiger partial charge in [0.05, 0.1) is 11.0 Å². The molecule has 4 nitrogen and oxygen atoms in total. The lowest BCUT2D eigenvalue weighted by Gasteiger charge is -2.26. The Morgan fingerprint density at radius 1 is 1.18 bits per heavy atom. The van der Waals surface area contributed by atoms with Gasteiger partial charge in [0.15, 0.2) is 0 Å². The van der Waals surface area contributed by atoms with Gasteiger partial charge in [0.1, 0.15) is 5.82 Å². The van der Waals surface area contributed by atoms with Gasteiger partial charge in [0, 0.05) is 0 Å². The van der Waals surface area contributed by atoms with Crippen molar-refractivity contribution in [3.8, 4) is 5.88 Å². The molecule has 0 spiro atoms. The van der Waals surface area contributed by atoms with Crippen molar-refractivity contribution in [1.29, 1.82) is 0 Å². The molecule has 0 amide bonds. The number of ether oxygens (including phenoxy) is 1. The maximum absolute atomic E-state index is 13.4. The Balaban J connectivity index is 2.53. The predicted molar refractivity (Wildman–Crippen MR) is 58.8 cm³/mol. The van der Waals surface area contributed by atoms with E-state index in [0.29, 0.717) is 0 Å². The SMILES string of the molecule is O=c1[nH]c2cc(F)ccc2nc1OC(F)(C(F)F)C(F)(F)F. The number of nitrogens with one attached hydrogen (secondary N) is 1. The van der Waals surface area contributed by atoms with E-state index in [2.05, 4.69) is 9.72 Å². The summed E-state index contributed by atoms with van der Waals surface area (Å²) in [6.07, 6.45) is -10.7. The van der Waals surface area contributed by atoms with E-state index in [1.54, 1.807) is 0 Å². The van der Waals surface area contributed by atoms with Crippen LogP contribution in [0.2, 0.25) is 0 Å². The molecular formula is C11H5F7N2O2. The third-order valence-electron chi connectivity index (χ3n) is 2.54. The fourth-order valence-corrected chi connectivity index (χ4v) is 1.48. The maximum Gasteiger partial charge on any atom is 0.466 e. The number of fused-ring (bicyclic) bond motifs is 1. The lowest BCUT2D eigenvalue weighted by Crippen LogP contribution is -2.53. The number of H-pyrrole nitrogens is 1. The average molecular weight is 330 g/mol. The normalized spacial score (nSPS) is 15.1. The van der Waals surface area contributed by atoms with E-state index in [9.17, 15) is 35.5 Å². The van der Waals surface area contributed by atoms with Crippen LogP contribution in [0.4, 0.5) is 30.7 Å². The number of hydrogen-bond acceptors (Lipinski definition) is 3. The Bertz CT molecular complexity index is 758. The number of hydrogen-bond donors (Lipinski definition) is 1. The fourth-order valence-electron chi connectivity index (χ4n) is 1.48. The summed E-state index contributed by atoms with van der Waals surface area (Å²) in [6.45, 7) is 0. The number of rotatable bonds is 3. The molecule has 1 aromatic carbocycles. The molecule has 120 valence electrons. The number of benzene rings is 1. The van der Waals surface area contributed by atoms with E-state index < -0.39 is 35.7 Å². The van der Waals surface area contributed by atoms with Gasteiger partial charge < -0.3 is 9.72 Å². The third-order valence-corrected chi connectivity index (χ3v) is 2.54. The largest absolute Gasteiger partial charge is 0.466 e. The average Bonchev–Trinajstić information content (AvgIpc) is 2.38. The lowest BCUT2D eigenvalue weighted by atomic mass is 10.3. The molecule has 1 N–H and O–H groups in total. The van der Waals surface area contributed by atoms with Crippen molar-refractivity contribution in [3.05, 3.63) is 34.4 Å². The number of aromatic amines is 1. The minimum Gasteiger partial charge on any atom is -0.424 e. The molecule has 1 atom stereocenters. The molecule has 0 saturated heterocycles. The van der Waals surface area contributed by atoms with E-state index in [1.165, 1.54) is 0 Å². The summed E-state index contributed by atoms with van der Waals surface area (Å²) < 4.78 is 91.6. The summed E-state index contributed by atoms with van der Waals surface area (Å²) >= 11 is 0. The fraction of sp³-hybridized carbons (Fsp3) is 0.273. The number of aromatic nitrogens is 2. The summed E-state index contributed by atoms with van der Waals surface area (Å²) in [5, 5.41) is 0. The first-order chi connectivity index (χ1) is 10.0. The molecule has 0 fully saturated rings. The molecule has 22 heavy (non-hydrogen) atoms. The Kier molecular flexibility index (Phi) is 3.75.